The van der Waals surface area contributed by atoms with Gasteiger partial charge in [0.05, 0.1) is 44.2 Å². The van der Waals surface area contributed by atoms with Crippen LogP contribution in [0.1, 0.15) is 51.0 Å². The summed E-state index contributed by atoms with van der Waals surface area (Å²) in [6.45, 7) is 6.37. The number of nitrogen functional groups attached to an aromatic ring is 1. The Morgan fingerprint density at radius 2 is 1.88 bits per heavy atom. The molecular formula is C26H30ClF3N6O4S2. The number of anilines is 2. The van der Waals surface area contributed by atoms with Gasteiger partial charge in [0.25, 0.3) is 0 Å². The number of hydrogen-bond donors (Lipinski definition) is 2. The molecule has 1 aliphatic rings. The number of halogens is 4. The first-order valence-corrected chi connectivity index (χ1v) is 15.8. The van der Waals surface area contributed by atoms with E-state index in [1.807, 2.05) is 20.8 Å². The van der Waals surface area contributed by atoms with Gasteiger partial charge in [-0.2, -0.15) is 13.2 Å². The molecule has 1 aliphatic heterocycles. The lowest BCUT2D eigenvalue weighted by Gasteiger charge is -2.32. The molecule has 0 spiro atoms. The first-order valence-electron chi connectivity index (χ1n) is 12.9. The molecule has 3 heterocycles. The van der Waals surface area contributed by atoms with E-state index < -0.39 is 34.0 Å². The highest BCUT2D eigenvalue weighted by atomic mass is 35.5. The quantitative estimate of drug-likeness (QED) is 0.304. The highest BCUT2D eigenvalue weighted by molar-refractivity contribution is 7.92. The molecule has 1 amide bonds. The van der Waals surface area contributed by atoms with E-state index >= 15 is 0 Å². The Hall–Kier alpha value is -3.17. The van der Waals surface area contributed by atoms with Crippen molar-refractivity contribution in [1.29, 1.82) is 0 Å². The third-order valence-electron chi connectivity index (χ3n) is 6.22. The Balaban J connectivity index is 1.65. The number of aromatic nitrogens is 3. The van der Waals surface area contributed by atoms with E-state index in [4.69, 9.17) is 27.1 Å². The highest BCUT2D eigenvalue weighted by Crippen LogP contribution is 2.44. The fraction of sp³-hybridized carbons (Fsp3) is 0.462. The van der Waals surface area contributed by atoms with Gasteiger partial charge in [-0.25, -0.2) is 28.2 Å². The number of alkyl halides is 3. The maximum atomic E-state index is 12.6. The molecule has 228 valence electrons. The zero-order chi connectivity index (χ0) is 30.9. The second kappa shape index (κ2) is 12.2. The van der Waals surface area contributed by atoms with E-state index in [1.165, 1.54) is 29.7 Å². The summed E-state index contributed by atoms with van der Waals surface area (Å²) < 4.78 is 70.3. The average Bonchev–Trinajstić information content (AvgIpc) is 3.33. The lowest BCUT2D eigenvalue weighted by atomic mass is 9.98. The molecule has 10 nitrogen and oxygen atoms in total. The van der Waals surface area contributed by atoms with Crippen LogP contribution in [0.3, 0.4) is 0 Å². The van der Waals surface area contributed by atoms with Gasteiger partial charge in [-0.05, 0) is 45.7 Å². The molecule has 0 unspecified atom stereocenters. The summed E-state index contributed by atoms with van der Waals surface area (Å²) in [5.74, 6) is -1.11. The molecule has 4 rings (SSSR count). The van der Waals surface area contributed by atoms with Gasteiger partial charge in [0.2, 0.25) is 16.0 Å². The number of likely N-dealkylation sites (tertiary alicyclic amines) is 1. The van der Waals surface area contributed by atoms with E-state index in [-0.39, 0.29) is 28.7 Å². The summed E-state index contributed by atoms with van der Waals surface area (Å²) in [5, 5.41) is 0.723. The van der Waals surface area contributed by atoms with Crippen molar-refractivity contribution in [3.8, 4) is 21.8 Å². The lowest BCUT2D eigenvalue weighted by molar-refractivity contribution is -0.129. The van der Waals surface area contributed by atoms with Gasteiger partial charge in [0, 0.05) is 30.8 Å². The topological polar surface area (TPSA) is 140 Å². The van der Waals surface area contributed by atoms with E-state index in [0.717, 1.165) is 5.01 Å². The Labute approximate surface area is 250 Å². The second-order valence-corrected chi connectivity index (χ2v) is 14.0. The molecule has 42 heavy (non-hydrogen) atoms. The fourth-order valence-electron chi connectivity index (χ4n) is 4.27. The highest BCUT2D eigenvalue weighted by Gasteiger charge is 2.32. The van der Waals surface area contributed by atoms with Crippen LogP contribution in [0, 0.1) is 0 Å². The maximum Gasteiger partial charge on any atom is 0.410 e. The number of nitrogens with one attached hydrogen (secondary N) is 1. The molecule has 0 atom stereocenters. The average molecular weight is 647 g/mol. The van der Waals surface area contributed by atoms with Crippen LogP contribution in [-0.4, -0.2) is 65.0 Å². The zero-order valence-corrected chi connectivity index (χ0v) is 25.4. The molecule has 0 radical (unpaired) electrons. The third kappa shape index (κ3) is 8.22. The van der Waals surface area contributed by atoms with Crippen LogP contribution in [0.15, 0.2) is 30.5 Å². The number of carbonyl (C=O) groups excluding carboxylic acids is 1. The number of hydrogen-bond acceptors (Lipinski definition) is 9. The van der Waals surface area contributed by atoms with Gasteiger partial charge in [0.1, 0.15) is 5.60 Å². The van der Waals surface area contributed by atoms with Crippen LogP contribution < -0.4 is 10.5 Å². The van der Waals surface area contributed by atoms with Gasteiger partial charge in [-0.15, -0.1) is 11.3 Å². The number of amides is 1. The number of benzene rings is 1. The van der Waals surface area contributed by atoms with Crippen molar-refractivity contribution in [2.24, 2.45) is 0 Å². The maximum absolute atomic E-state index is 12.6. The normalized spacial score (nSPS) is 15.1. The molecule has 16 heteroatoms. The van der Waals surface area contributed by atoms with Crippen molar-refractivity contribution in [3.05, 3.63) is 40.5 Å². The number of nitrogens with zero attached hydrogens (tertiary/aromatic N) is 4. The van der Waals surface area contributed by atoms with Gasteiger partial charge in [0.15, 0.2) is 0 Å². The summed E-state index contributed by atoms with van der Waals surface area (Å²) >= 11 is 8.00. The number of rotatable bonds is 7. The molecule has 0 bridgehead atoms. The SMILES string of the molecule is CC(C)(C)OC(=O)N1CCC(c2nc(-c3cccc(NS(=O)(=O)CCC(F)(F)F)c3Cl)c(-c3ccnc(N)n3)s2)CC1. The van der Waals surface area contributed by atoms with E-state index in [1.54, 1.807) is 17.0 Å². The standard InChI is InChI=1S/C26H30ClF3N6O4S2/c1-25(2,3)40-24(37)36-12-8-15(9-13-36)22-34-20(21(41-22)18-7-11-32-23(31)33-18)16-5-4-6-17(19(16)27)35-42(38,39)14-10-26(28,29)30/h4-7,11,15,35H,8-10,12-14H2,1-3H3,(H2,31,32,33). The van der Waals surface area contributed by atoms with Crippen molar-refractivity contribution in [2.75, 3.05) is 29.3 Å². The minimum atomic E-state index is -4.63. The summed E-state index contributed by atoms with van der Waals surface area (Å²) in [6.07, 6.45) is -3.75. The first kappa shape index (κ1) is 31.8. The van der Waals surface area contributed by atoms with Gasteiger partial charge < -0.3 is 15.4 Å². The Kier molecular flexibility index (Phi) is 9.23. The van der Waals surface area contributed by atoms with Crippen LogP contribution in [-0.2, 0) is 14.8 Å². The van der Waals surface area contributed by atoms with Gasteiger partial charge in [-0.3, -0.25) is 4.72 Å². The number of piperidine rings is 1. The van der Waals surface area contributed by atoms with Gasteiger partial charge in [-0.1, -0.05) is 23.7 Å². The fourth-order valence-corrected chi connectivity index (χ4v) is 6.91. The molecule has 2 aromatic heterocycles. The third-order valence-corrected chi connectivity index (χ3v) is 9.14. The molecule has 1 fully saturated rings. The van der Waals surface area contributed by atoms with Crippen molar-refractivity contribution in [2.45, 2.75) is 57.7 Å². The van der Waals surface area contributed by atoms with Crippen LogP contribution in [0.4, 0.5) is 29.6 Å². The molecule has 3 N–H and O–H groups in total. The Morgan fingerprint density at radius 1 is 1.19 bits per heavy atom. The van der Waals surface area contributed by atoms with Crippen LogP contribution in [0.5, 0.6) is 0 Å². The Bertz CT molecular complexity index is 1550. The lowest BCUT2D eigenvalue weighted by Crippen LogP contribution is -2.41. The molecule has 1 saturated heterocycles. The van der Waals surface area contributed by atoms with Crippen molar-refractivity contribution >= 4 is 50.7 Å². The summed E-state index contributed by atoms with van der Waals surface area (Å²) in [6, 6.07) is 6.17. The number of carbonyl (C=O) groups is 1. The smallest absolute Gasteiger partial charge is 0.410 e. The minimum absolute atomic E-state index is 0.00296. The monoisotopic (exact) mass is 646 g/mol. The molecule has 1 aromatic carbocycles. The summed E-state index contributed by atoms with van der Waals surface area (Å²) in [4.78, 5) is 27.9. The number of thiazole rings is 1. The van der Waals surface area contributed by atoms with E-state index in [9.17, 15) is 26.4 Å². The van der Waals surface area contributed by atoms with Crippen molar-refractivity contribution < 1.29 is 31.1 Å². The molecule has 0 saturated carbocycles. The number of sulfonamides is 1. The number of ether oxygens (including phenoxy) is 1. The Morgan fingerprint density at radius 3 is 2.50 bits per heavy atom. The van der Waals surface area contributed by atoms with Crippen molar-refractivity contribution in [3.63, 3.8) is 0 Å². The number of nitrogens with two attached hydrogens (primary N) is 1. The summed E-state index contributed by atoms with van der Waals surface area (Å²) in [7, 11) is -4.34. The van der Waals surface area contributed by atoms with Crippen LogP contribution >= 0.6 is 22.9 Å². The molecule has 3 aromatic rings. The van der Waals surface area contributed by atoms with E-state index in [0.29, 0.717) is 47.8 Å². The molecular weight excluding hydrogens is 617 g/mol. The van der Waals surface area contributed by atoms with E-state index in [2.05, 4.69) is 14.7 Å². The zero-order valence-electron chi connectivity index (χ0n) is 23.0. The second-order valence-electron chi connectivity index (χ2n) is 10.7. The minimum Gasteiger partial charge on any atom is -0.444 e. The predicted octanol–water partition coefficient (Wildman–Crippen LogP) is 6.31. The van der Waals surface area contributed by atoms with Crippen LogP contribution in [0.25, 0.3) is 21.8 Å². The molecule has 0 aliphatic carbocycles. The summed E-state index contributed by atoms with van der Waals surface area (Å²) in [5.41, 5.74) is 6.38. The first-order chi connectivity index (χ1) is 19.5. The van der Waals surface area contributed by atoms with Crippen LogP contribution in [0.2, 0.25) is 5.02 Å². The predicted molar refractivity (Wildman–Crippen MR) is 156 cm³/mol. The van der Waals surface area contributed by atoms with Crippen molar-refractivity contribution in [1.82, 2.24) is 19.9 Å². The van der Waals surface area contributed by atoms with Gasteiger partial charge >= 0.3 is 12.3 Å². The largest absolute Gasteiger partial charge is 0.444 e.